The first-order valence-electron chi connectivity index (χ1n) is 19.3. The van der Waals surface area contributed by atoms with E-state index >= 15 is 0 Å². The molecule has 55 heavy (non-hydrogen) atoms. The van der Waals surface area contributed by atoms with Crippen LogP contribution in [0, 0.1) is 0 Å². The molecular formula is C52H39N3. The van der Waals surface area contributed by atoms with Crippen LogP contribution in [0.2, 0.25) is 0 Å². The quantitative estimate of drug-likeness (QED) is 0.165. The number of hydrogen-bond donors (Lipinski definition) is 0. The second kappa shape index (κ2) is 14.2. The molecule has 0 spiro atoms. The summed E-state index contributed by atoms with van der Waals surface area (Å²) in [7, 11) is 0. The average molecular weight is 706 g/mol. The lowest BCUT2D eigenvalue weighted by Gasteiger charge is -2.18. The van der Waals surface area contributed by atoms with Gasteiger partial charge < -0.3 is 4.57 Å². The number of para-hydroxylation sites is 1. The zero-order valence-electron chi connectivity index (χ0n) is 30.6. The van der Waals surface area contributed by atoms with Gasteiger partial charge in [0.15, 0.2) is 0 Å². The summed E-state index contributed by atoms with van der Waals surface area (Å²) >= 11 is 0. The van der Waals surface area contributed by atoms with Crippen LogP contribution in [0.15, 0.2) is 182 Å². The zero-order chi connectivity index (χ0) is 36.6. The maximum atomic E-state index is 5.25. The van der Waals surface area contributed by atoms with Gasteiger partial charge in [0.05, 0.1) is 28.3 Å². The maximum Gasteiger partial charge on any atom is 0.0715 e. The average Bonchev–Trinajstić information content (AvgIpc) is 3.61. The first kappa shape index (κ1) is 32.8. The fourth-order valence-corrected chi connectivity index (χ4v) is 8.15. The molecule has 0 saturated heterocycles. The molecule has 3 nitrogen and oxygen atoms in total. The van der Waals surface area contributed by atoms with Crippen molar-refractivity contribution in [2.45, 2.75) is 25.7 Å². The number of fused-ring (bicyclic) bond motifs is 3. The van der Waals surface area contributed by atoms with Gasteiger partial charge in [-0.1, -0.05) is 133 Å². The van der Waals surface area contributed by atoms with E-state index in [0.717, 1.165) is 93.1 Å². The highest BCUT2D eigenvalue weighted by Gasteiger charge is 2.21. The van der Waals surface area contributed by atoms with Gasteiger partial charge in [0.25, 0.3) is 0 Å². The van der Waals surface area contributed by atoms with Crippen molar-refractivity contribution in [2.75, 3.05) is 0 Å². The SMILES string of the molecule is C1=CC(c2cc(-c3cc(-c4cc(-c5ccccc5)nc(-c5ccccc5)c4)cc(-n4c5c(c6ccccc64)CCC=C5)c3)cc(-c3ccccc3)n2)=CCC1. The molecular weight excluding hydrogens is 667 g/mol. The Balaban J connectivity index is 1.25. The normalized spacial score (nSPS) is 13.5. The molecule has 3 heterocycles. The van der Waals surface area contributed by atoms with Gasteiger partial charge in [-0.05, 0) is 114 Å². The standard InChI is InChI=1S/C52H39N3/c1-5-17-36(18-6-1)47-32-42(33-48(53-47)37-19-7-2-8-20-37)40-29-41(31-44(30-40)55-51-27-15-13-25-45(51)46-26-14-16-28-52(46)55)43-34-49(38-21-9-3-10-22-38)54-50(35-43)39-23-11-4-12-24-39/h1-3,5-11,13,15-25,27-35H,4,12,14,26H2. The lowest BCUT2D eigenvalue weighted by Crippen LogP contribution is -2.02. The minimum Gasteiger partial charge on any atom is -0.310 e. The number of nitrogens with zero attached hydrogens (tertiary/aromatic N) is 3. The Kier molecular flexibility index (Phi) is 8.46. The van der Waals surface area contributed by atoms with Crippen LogP contribution in [0.4, 0.5) is 0 Å². The zero-order valence-corrected chi connectivity index (χ0v) is 30.6. The molecule has 0 N–H and O–H groups in total. The van der Waals surface area contributed by atoms with E-state index in [0.29, 0.717) is 0 Å². The van der Waals surface area contributed by atoms with Gasteiger partial charge in [0, 0.05) is 33.5 Å². The van der Waals surface area contributed by atoms with Crippen molar-refractivity contribution in [3.8, 4) is 61.7 Å². The number of rotatable bonds is 7. The fourth-order valence-electron chi connectivity index (χ4n) is 8.15. The molecule has 262 valence electrons. The molecule has 0 bridgehead atoms. The number of hydrogen-bond acceptors (Lipinski definition) is 2. The van der Waals surface area contributed by atoms with Crippen molar-refractivity contribution in [1.82, 2.24) is 14.5 Å². The molecule has 3 heteroatoms. The molecule has 0 atom stereocenters. The highest BCUT2D eigenvalue weighted by atomic mass is 15.0. The third-order valence-electron chi connectivity index (χ3n) is 10.8. The van der Waals surface area contributed by atoms with E-state index in [1.165, 1.54) is 27.7 Å². The molecule has 0 amide bonds. The van der Waals surface area contributed by atoms with Crippen LogP contribution >= 0.6 is 0 Å². The summed E-state index contributed by atoms with van der Waals surface area (Å²) in [5.74, 6) is 0. The predicted molar refractivity (Wildman–Crippen MR) is 230 cm³/mol. The molecule has 0 radical (unpaired) electrons. The summed E-state index contributed by atoms with van der Waals surface area (Å²) in [5, 5.41) is 1.32. The third-order valence-corrected chi connectivity index (χ3v) is 10.8. The van der Waals surface area contributed by atoms with E-state index in [1.807, 2.05) is 0 Å². The van der Waals surface area contributed by atoms with E-state index in [9.17, 15) is 0 Å². The second-order valence-electron chi connectivity index (χ2n) is 14.4. The number of allylic oxidation sites excluding steroid dienone is 5. The second-order valence-corrected chi connectivity index (χ2v) is 14.4. The highest BCUT2D eigenvalue weighted by molar-refractivity contribution is 5.92. The molecule has 0 fully saturated rings. The summed E-state index contributed by atoms with van der Waals surface area (Å²) < 4.78 is 2.47. The molecule has 0 unspecified atom stereocenters. The van der Waals surface area contributed by atoms with Crippen LogP contribution in [0.25, 0.3) is 84.3 Å². The summed E-state index contributed by atoms with van der Waals surface area (Å²) in [6.45, 7) is 0. The summed E-state index contributed by atoms with van der Waals surface area (Å²) in [6, 6.07) is 56.6. The Morgan fingerprint density at radius 3 is 1.51 bits per heavy atom. The van der Waals surface area contributed by atoms with Crippen LogP contribution < -0.4 is 0 Å². The van der Waals surface area contributed by atoms with Crippen molar-refractivity contribution >= 4 is 22.6 Å². The summed E-state index contributed by atoms with van der Waals surface area (Å²) in [4.78, 5) is 10.5. The van der Waals surface area contributed by atoms with E-state index in [4.69, 9.17) is 9.97 Å². The van der Waals surface area contributed by atoms with Gasteiger partial charge in [-0.25, -0.2) is 9.97 Å². The van der Waals surface area contributed by atoms with Crippen molar-refractivity contribution in [1.29, 1.82) is 0 Å². The lowest BCUT2D eigenvalue weighted by atomic mass is 9.94. The monoisotopic (exact) mass is 705 g/mol. The Bertz CT molecular complexity index is 2730. The largest absolute Gasteiger partial charge is 0.310 e. The van der Waals surface area contributed by atoms with E-state index < -0.39 is 0 Å². The fraction of sp³-hybridized carbons (Fsp3) is 0.0769. The van der Waals surface area contributed by atoms with Crippen LogP contribution in [0.5, 0.6) is 0 Å². The molecule has 2 aliphatic rings. The topological polar surface area (TPSA) is 30.7 Å². The number of aryl methyl sites for hydroxylation is 1. The van der Waals surface area contributed by atoms with Gasteiger partial charge >= 0.3 is 0 Å². The minimum atomic E-state index is 0.948. The number of aromatic nitrogens is 3. The Morgan fingerprint density at radius 1 is 0.418 bits per heavy atom. The molecule has 10 rings (SSSR count). The van der Waals surface area contributed by atoms with Gasteiger partial charge in [0.2, 0.25) is 0 Å². The van der Waals surface area contributed by atoms with Crippen LogP contribution in [0.1, 0.15) is 36.2 Å². The molecule has 3 aromatic heterocycles. The minimum absolute atomic E-state index is 0.948. The molecule has 2 aliphatic carbocycles. The van der Waals surface area contributed by atoms with Crippen LogP contribution in [-0.2, 0) is 6.42 Å². The molecule has 8 aromatic rings. The van der Waals surface area contributed by atoms with E-state index in [1.54, 1.807) is 0 Å². The first-order chi connectivity index (χ1) is 27.2. The third kappa shape index (κ3) is 6.34. The van der Waals surface area contributed by atoms with Crippen molar-refractivity contribution in [3.63, 3.8) is 0 Å². The number of pyridine rings is 2. The van der Waals surface area contributed by atoms with Crippen molar-refractivity contribution < 1.29 is 0 Å². The van der Waals surface area contributed by atoms with E-state index in [2.05, 4.69) is 193 Å². The van der Waals surface area contributed by atoms with Crippen LogP contribution in [-0.4, -0.2) is 14.5 Å². The van der Waals surface area contributed by atoms with Crippen molar-refractivity contribution in [2.24, 2.45) is 0 Å². The van der Waals surface area contributed by atoms with Gasteiger partial charge in [0.1, 0.15) is 0 Å². The van der Waals surface area contributed by atoms with Crippen molar-refractivity contribution in [3.05, 3.63) is 199 Å². The Hall–Kier alpha value is -6.84. The van der Waals surface area contributed by atoms with Crippen LogP contribution in [0.3, 0.4) is 0 Å². The summed E-state index contributed by atoms with van der Waals surface area (Å²) in [6.07, 6.45) is 15.6. The first-order valence-corrected chi connectivity index (χ1v) is 19.3. The Labute approximate surface area is 322 Å². The van der Waals surface area contributed by atoms with Gasteiger partial charge in [-0.3, -0.25) is 0 Å². The van der Waals surface area contributed by atoms with Gasteiger partial charge in [-0.2, -0.15) is 0 Å². The molecule has 0 saturated carbocycles. The highest BCUT2D eigenvalue weighted by Crippen LogP contribution is 2.40. The number of benzene rings is 5. The Morgan fingerprint density at radius 2 is 0.927 bits per heavy atom. The van der Waals surface area contributed by atoms with E-state index in [-0.39, 0.29) is 0 Å². The van der Waals surface area contributed by atoms with Gasteiger partial charge in [-0.15, -0.1) is 0 Å². The maximum absolute atomic E-state index is 5.25. The molecule has 0 aliphatic heterocycles. The predicted octanol–water partition coefficient (Wildman–Crippen LogP) is 13.4. The summed E-state index contributed by atoms with van der Waals surface area (Å²) in [5.41, 5.74) is 17.9. The lowest BCUT2D eigenvalue weighted by molar-refractivity contribution is 0.968. The molecule has 5 aromatic carbocycles. The smallest absolute Gasteiger partial charge is 0.0715 e.